The van der Waals surface area contributed by atoms with Gasteiger partial charge < -0.3 is 21.7 Å². The highest BCUT2D eigenvalue weighted by atomic mass is 16.4. The summed E-state index contributed by atoms with van der Waals surface area (Å²) in [6, 6.07) is -1.71. The molecule has 3 unspecified atom stereocenters. The summed E-state index contributed by atoms with van der Waals surface area (Å²) < 4.78 is 0. The quantitative estimate of drug-likeness (QED) is 0.520. The number of hydrogen-bond donors (Lipinski definition) is 4. The number of carboxylic acid groups (broad SMARTS) is 1. The van der Waals surface area contributed by atoms with Crippen molar-refractivity contribution in [3.05, 3.63) is 0 Å². The number of hydrogen-bond acceptors (Lipinski definition) is 5. The van der Waals surface area contributed by atoms with Crippen molar-refractivity contribution in [2.45, 2.75) is 52.3 Å². The summed E-state index contributed by atoms with van der Waals surface area (Å²) in [5.74, 6) is -2.39. The van der Waals surface area contributed by atoms with Crippen LogP contribution in [0.4, 0.5) is 0 Å². The summed E-state index contributed by atoms with van der Waals surface area (Å²) in [7, 11) is 0. The molecule has 0 aliphatic heterocycles. The molecule has 6 nitrogen and oxygen atoms in total. The molecule has 0 fully saturated rings. The highest BCUT2D eigenvalue weighted by Gasteiger charge is 2.40. The highest BCUT2D eigenvalue weighted by molar-refractivity contribution is 5.90. The van der Waals surface area contributed by atoms with Crippen LogP contribution in [0.3, 0.4) is 0 Å². The minimum Gasteiger partial charge on any atom is -0.481 e. The molecule has 0 bridgehead atoms. The van der Waals surface area contributed by atoms with Gasteiger partial charge in [0.25, 0.3) is 0 Å². The topological polar surface area (TPSA) is 127 Å². The van der Waals surface area contributed by atoms with E-state index < -0.39 is 47.7 Å². The van der Waals surface area contributed by atoms with Crippen LogP contribution >= 0.6 is 0 Å². The van der Waals surface area contributed by atoms with Crippen molar-refractivity contribution < 1.29 is 19.8 Å². The number of aliphatic hydroxyl groups is 1. The first-order valence-corrected chi connectivity index (χ1v) is 5.93. The molecule has 0 heterocycles. The lowest BCUT2D eigenvalue weighted by molar-refractivity contribution is -0.142. The van der Waals surface area contributed by atoms with E-state index in [0.717, 1.165) is 0 Å². The molecule has 0 aliphatic carbocycles. The smallest absolute Gasteiger partial charge is 0.305 e. The van der Waals surface area contributed by atoms with Gasteiger partial charge in [0.05, 0.1) is 24.5 Å². The van der Waals surface area contributed by atoms with Gasteiger partial charge in [0.1, 0.15) is 0 Å². The number of nitrogens with two attached hydrogens (primary N) is 2. The summed E-state index contributed by atoms with van der Waals surface area (Å²) in [5, 5.41) is 18.7. The number of aliphatic carboxylic acids is 1. The monoisotopic (exact) mass is 260 g/mol. The summed E-state index contributed by atoms with van der Waals surface area (Å²) >= 11 is 0. The maximum Gasteiger partial charge on any atom is 0.305 e. The molecule has 106 valence electrons. The zero-order valence-electron chi connectivity index (χ0n) is 11.4. The number of Topliss-reactive ketones (excluding diaryl/α,β-unsaturated/α-hetero) is 1. The molecule has 0 aromatic rings. The van der Waals surface area contributed by atoms with Crippen LogP contribution in [0, 0.1) is 11.3 Å². The van der Waals surface area contributed by atoms with Crippen LogP contribution in [-0.2, 0) is 9.59 Å². The molecule has 6 heteroatoms. The van der Waals surface area contributed by atoms with Crippen LogP contribution in [0.5, 0.6) is 0 Å². The molecule has 0 amide bonds. The zero-order chi connectivity index (χ0) is 14.7. The van der Waals surface area contributed by atoms with E-state index in [0.29, 0.717) is 0 Å². The molecule has 0 aromatic carbocycles. The Kier molecular flexibility index (Phi) is 5.92. The van der Waals surface area contributed by atoms with Crippen LogP contribution in [0.15, 0.2) is 0 Å². The van der Waals surface area contributed by atoms with Gasteiger partial charge >= 0.3 is 5.97 Å². The maximum absolute atomic E-state index is 12.2. The predicted molar refractivity (Wildman–Crippen MR) is 67.8 cm³/mol. The molecular weight excluding hydrogens is 236 g/mol. The third-order valence-electron chi connectivity index (χ3n) is 2.88. The van der Waals surface area contributed by atoms with Crippen molar-refractivity contribution in [1.82, 2.24) is 0 Å². The van der Waals surface area contributed by atoms with Crippen LogP contribution in [0.2, 0.25) is 0 Å². The zero-order valence-corrected chi connectivity index (χ0v) is 11.4. The second-order valence-electron chi connectivity index (χ2n) is 5.80. The maximum atomic E-state index is 12.2. The van der Waals surface area contributed by atoms with Gasteiger partial charge in [0, 0.05) is 6.04 Å². The van der Waals surface area contributed by atoms with E-state index in [1.54, 1.807) is 27.7 Å². The van der Waals surface area contributed by atoms with Gasteiger partial charge in [-0.15, -0.1) is 0 Å². The summed E-state index contributed by atoms with van der Waals surface area (Å²) in [4.78, 5) is 22.7. The minimum atomic E-state index is -1.14. The van der Waals surface area contributed by atoms with Gasteiger partial charge in [-0.25, -0.2) is 0 Å². The molecule has 18 heavy (non-hydrogen) atoms. The minimum absolute atomic E-state index is 0.447. The Morgan fingerprint density at radius 3 is 1.94 bits per heavy atom. The summed E-state index contributed by atoms with van der Waals surface area (Å²) in [6.07, 6.45) is -1.49. The van der Waals surface area contributed by atoms with E-state index in [9.17, 15) is 14.7 Å². The van der Waals surface area contributed by atoms with Gasteiger partial charge in [-0.3, -0.25) is 9.59 Å². The molecule has 0 radical (unpaired) electrons. The number of ketones is 1. The molecular formula is C12H24N2O4. The third kappa shape index (κ3) is 4.72. The average molecular weight is 260 g/mol. The molecule has 0 aromatic heterocycles. The Bertz CT molecular complexity index is 310. The SMILES string of the molecule is CC(N)C(O)C(C(=O)[C@@H](N)CC(=O)O)C(C)(C)C. The Morgan fingerprint density at radius 2 is 1.67 bits per heavy atom. The van der Waals surface area contributed by atoms with Crippen molar-refractivity contribution >= 4 is 11.8 Å². The number of carbonyl (C=O) groups is 2. The molecule has 0 saturated carbocycles. The third-order valence-corrected chi connectivity index (χ3v) is 2.88. The summed E-state index contributed by atoms with van der Waals surface area (Å²) in [5.41, 5.74) is 10.6. The van der Waals surface area contributed by atoms with E-state index in [1.165, 1.54) is 0 Å². The number of aliphatic hydroxyl groups excluding tert-OH is 1. The first kappa shape index (κ1) is 17.0. The number of carbonyl (C=O) groups excluding carboxylic acids is 1. The van der Waals surface area contributed by atoms with Gasteiger partial charge in [0.15, 0.2) is 5.78 Å². The van der Waals surface area contributed by atoms with Crippen LogP contribution in [0.1, 0.15) is 34.1 Å². The lowest BCUT2D eigenvalue weighted by Crippen LogP contribution is -2.51. The van der Waals surface area contributed by atoms with Crippen LogP contribution < -0.4 is 11.5 Å². The summed E-state index contributed by atoms with van der Waals surface area (Å²) in [6.45, 7) is 6.96. The van der Waals surface area contributed by atoms with Crippen LogP contribution in [-0.4, -0.2) is 40.2 Å². The van der Waals surface area contributed by atoms with Crippen LogP contribution in [0.25, 0.3) is 0 Å². The van der Waals surface area contributed by atoms with Gasteiger partial charge in [-0.05, 0) is 12.3 Å². The highest BCUT2D eigenvalue weighted by Crippen LogP contribution is 2.31. The van der Waals surface area contributed by atoms with Crippen molar-refractivity contribution in [2.75, 3.05) is 0 Å². The van der Waals surface area contributed by atoms with Crippen molar-refractivity contribution in [1.29, 1.82) is 0 Å². The standard InChI is InChI=1S/C12H24N2O4/c1-6(13)10(17)9(12(2,3)4)11(18)7(14)5-8(15)16/h6-7,9-10,17H,5,13-14H2,1-4H3,(H,15,16)/t6?,7-,9?,10?/m0/s1. The van der Waals surface area contributed by atoms with Gasteiger partial charge in [-0.2, -0.15) is 0 Å². The van der Waals surface area contributed by atoms with E-state index in [-0.39, 0.29) is 0 Å². The fourth-order valence-electron chi connectivity index (χ4n) is 1.93. The average Bonchev–Trinajstić information content (AvgIpc) is 2.13. The molecule has 4 atom stereocenters. The van der Waals surface area contributed by atoms with Crippen molar-refractivity contribution in [3.63, 3.8) is 0 Å². The number of rotatable bonds is 6. The molecule has 0 aliphatic rings. The fourth-order valence-corrected chi connectivity index (χ4v) is 1.93. The molecule has 0 rings (SSSR count). The first-order chi connectivity index (χ1) is 7.98. The lowest BCUT2D eigenvalue weighted by Gasteiger charge is -2.36. The van der Waals surface area contributed by atoms with E-state index in [4.69, 9.17) is 16.6 Å². The van der Waals surface area contributed by atoms with Crippen molar-refractivity contribution in [3.8, 4) is 0 Å². The van der Waals surface area contributed by atoms with E-state index >= 15 is 0 Å². The van der Waals surface area contributed by atoms with Gasteiger partial charge in [0.2, 0.25) is 0 Å². The Labute approximate surface area is 107 Å². The molecule has 0 spiro atoms. The molecule has 6 N–H and O–H groups in total. The Morgan fingerprint density at radius 1 is 1.22 bits per heavy atom. The fraction of sp³-hybridized carbons (Fsp3) is 0.833. The lowest BCUT2D eigenvalue weighted by atomic mass is 9.71. The van der Waals surface area contributed by atoms with E-state index in [2.05, 4.69) is 0 Å². The van der Waals surface area contributed by atoms with Crippen molar-refractivity contribution in [2.24, 2.45) is 22.8 Å². The second-order valence-corrected chi connectivity index (χ2v) is 5.80. The predicted octanol–water partition coefficient (Wildman–Crippen LogP) is -0.272. The normalized spacial score (nSPS) is 18.8. The molecule has 0 saturated heterocycles. The largest absolute Gasteiger partial charge is 0.481 e. The first-order valence-electron chi connectivity index (χ1n) is 5.93. The Balaban J connectivity index is 5.10. The van der Waals surface area contributed by atoms with E-state index in [1.807, 2.05) is 0 Å². The second kappa shape index (κ2) is 6.26. The van der Waals surface area contributed by atoms with Gasteiger partial charge in [-0.1, -0.05) is 20.8 Å². The Hall–Kier alpha value is -0.980. The number of carboxylic acids is 1.